The first-order valence-electron chi connectivity index (χ1n) is 27.8. The number of hydrogen-bond acceptors (Lipinski definition) is 6. The van der Waals surface area contributed by atoms with Crippen molar-refractivity contribution in [3.05, 3.63) is 60.8 Å². The second-order valence-electron chi connectivity index (χ2n) is 18.5. The van der Waals surface area contributed by atoms with E-state index in [0.717, 1.165) is 103 Å². The quantitative estimate of drug-likeness (QED) is 0.0262. The maximum atomic E-state index is 12.8. The second-order valence-corrected chi connectivity index (χ2v) is 18.5. The SMILES string of the molecule is CC/C=C\C/C=C\C/C=C\CCCCCCCC(=O)O[C@H](COC(=O)CCCCCCC/C=C\CCCCCCCC)COC(=O)CCCCCCCCC/C=C\CCCCCCCC. The summed E-state index contributed by atoms with van der Waals surface area (Å²) < 4.78 is 16.8. The zero-order chi connectivity index (χ0) is 47.2. The van der Waals surface area contributed by atoms with Crippen LogP contribution in [0.5, 0.6) is 0 Å². The van der Waals surface area contributed by atoms with Gasteiger partial charge in [-0.3, -0.25) is 14.4 Å². The van der Waals surface area contributed by atoms with E-state index in [1.807, 2.05) is 0 Å². The maximum Gasteiger partial charge on any atom is 0.306 e. The van der Waals surface area contributed by atoms with E-state index < -0.39 is 6.10 Å². The fourth-order valence-corrected chi connectivity index (χ4v) is 7.80. The van der Waals surface area contributed by atoms with Crippen LogP contribution < -0.4 is 0 Å². The first-order chi connectivity index (χ1) is 32.0. The highest BCUT2D eigenvalue weighted by Crippen LogP contribution is 2.15. The zero-order valence-corrected chi connectivity index (χ0v) is 43.0. The van der Waals surface area contributed by atoms with Crippen molar-refractivity contribution in [2.75, 3.05) is 13.2 Å². The zero-order valence-electron chi connectivity index (χ0n) is 43.0. The van der Waals surface area contributed by atoms with Gasteiger partial charge in [0.25, 0.3) is 0 Å². The Morgan fingerprint density at radius 1 is 0.323 bits per heavy atom. The number of hydrogen-bond donors (Lipinski definition) is 0. The van der Waals surface area contributed by atoms with Gasteiger partial charge in [-0.15, -0.1) is 0 Å². The summed E-state index contributed by atoms with van der Waals surface area (Å²) in [7, 11) is 0. The summed E-state index contributed by atoms with van der Waals surface area (Å²) in [4.78, 5) is 38.1. The maximum absolute atomic E-state index is 12.8. The van der Waals surface area contributed by atoms with E-state index in [2.05, 4.69) is 81.5 Å². The molecule has 0 saturated heterocycles. The van der Waals surface area contributed by atoms with E-state index in [4.69, 9.17) is 14.2 Å². The molecule has 6 nitrogen and oxygen atoms in total. The van der Waals surface area contributed by atoms with Gasteiger partial charge in [-0.25, -0.2) is 0 Å². The lowest BCUT2D eigenvalue weighted by molar-refractivity contribution is -0.167. The number of ether oxygens (including phenoxy) is 3. The summed E-state index contributed by atoms with van der Waals surface area (Å²) in [6.45, 7) is 6.51. The first-order valence-corrected chi connectivity index (χ1v) is 27.8. The van der Waals surface area contributed by atoms with E-state index in [-0.39, 0.29) is 31.1 Å². The molecule has 0 rings (SSSR count). The monoisotopic (exact) mass is 909 g/mol. The molecule has 0 aromatic carbocycles. The molecule has 0 amide bonds. The van der Waals surface area contributed by atoms with Crippen LogP contribution in [0, 0.1) is 0 Å². The largest absolute Gasteiger partial charge is 0.462 e. The van der Waals surface area contributed by atoms with Gasteiger partial charge in [-0.1, -0.05) is 216 Å². The molecule has 0 unspecified atom stereocenters. The predicted octanol–water partition coefficient (Wildman–Crippen LogP) is 18.4. The predicted molar refractivity (Wildman–Crippen MR) is 279 cm³/mol. The minimum Gasteiger partial charge on any atom is -0.462 e. The van der Waals surface area contributed by atoms with Crippen LogP contribution in [0.1, 0.15) is 278 Å². The van der Waals surface area contributed by atoms with Crippen molar-refractivity contribution in [3.8, 4) is 0 Å². The molecule has 0 bridgehead atoms. The number of esters is 3. The Balaban J connectivity index is 4.41. The van der Waals surface area contributed by atoms with Gasteiger partial charge >= 0.3 is 17.9 Å². The topological polar surface area (TPSA) is 78.9 Å². The van der Waals surface area contributed by atoms with E-state index in [9.17, 15) is 14.4 Å². The van der Waals surface area contributed by atoms with Gasteiger partial charge in [-0.2, -0.15) is 0 Å². The number of carbonyl (C=O) groups excluding carboxylic acids is 3. The van der Waals surface area contributed by atoms with E-state index >= 15 is 0 Å². The highest BCUT2D eigenvalue weighted by molar-refractivity contribution is 5.71. The summed E-state index contributed by atoms with van der Waals surface area (Å²) >= 11 is 0. The van der Waals surface area contributed by atoms with Gasteiger partial charge in [0.1, 0.15) is 13.2 Å². The van der Waals surface area contributed by atoms with Crippen LogP contribution in [-0.4, -0.2) is 37.2 Å². The Morgan fingerprint density at radius 3 is 0.954 bits per heavy atom. The fourth-order valence-electron chi connectivity index (χ4n) is 7.80. The molecule has 0 aromatic rings. The first kappa shape index (κ1) is 62.1. The van der Waals surface area contributed by atoms with Crippen LogP contribution in [0.4, 0.5) is 0 Å². The molecule has 0 heterocycles. The number of carbonyl (C=O) groups is 3. The molecule has 0 aliphatic rings. The molecular weight excluding hydrogens is 805 g/mol. The lowest BCUT2D eigenvalue weighted by atomic mass is 10.1. The molecule has 1 atom stereocenters. The Bertz CT molecular complexity index is 1180. The summed E-state index contributed by atoms with van der Waals surface area (Å²) in [6, 6.07) is 0. The van der Waals surface area contributed by atoms with E-state index in [0.29, 0.717) is 19.3 Å². The molecule has 65 heavy (non-hydrogen) atoms. The third kappa shape index (κ3) is 51.9. The Hall–Kier alpha value is -2.89. The minimum atomic E-state index is -0.788. The van der Waals surface area contributed by atoms with Crippen LogP contribution in [0.15, 0.2) is 60.8 Å². The van der Waals surface area contributed by atoms with Gasteiger partial charge in [-0.05, 0) is 103 Å². The molecule has 6 heteroatoms. The van der Waals surface area contributed by atoms with Gasteiger partial charge in [0, 0.05) is 19.3 Å². The number of unbranched alkanes of at least 4 members (excludes halogenated alkanes) is 29. The van der Waals surface area contributed by atoms with Gasteiger partial charge < -0.3 is 14.2 Å². The van der Waals surface area contributed by atoms with Crippen molar-refractivity contribution in [2.24, 2.45) is 0 Å². The standard InChI is InChI=1S/C59H104O6/c1-4-7-10-13-16-19-22-25-28-29-32-34-37-40-43-46-49-52-58(61)64-55-56(65-59(62)53-50-47-44-41-38-35-31-27-24-21-18-15-12-9-6-3)54-63-57(60)51-48-45-42-39-36-33-30-26-23-20-17-14-11-8-5-2/h9,12,18,21,25-28,30-31,56H,4-8,10-11,13-17,19-20,22-24,29,32-55H2,1-3H3/b12-9-,21-18-,28-25-,30-26-,31-27-/t56-/m1/s1. The second kappa shape index (κ2) is 53.7. The average Bonchev–Trinajstić information content (AvgIpc) is 3.30. The molecule has 0 aromatic heterocycles. The van der Waals surface area contributed by atoms with Crippen LogP contribution in [0.3, 0.4) is 0 Å². The van der Waals surface area contributed by atoms with Crippen LogP contribution >= 0.6 is 0 Å². The van der Waals surface area contributed by atoms with E-state index in [1.54, 1.807) is 0 Å². The number of allylic oxidation sites excluding steroid dienone is 10. The van der Waals surface area contributed by atoms with Crippen molar-refractivity contribution in [1.82, 2.24) is 0 Å². The molecule has 0 aliphatic carbocycles. The van der Waals surface area contributed by atoms with Gasteiger partial charge in [0.2, 0.25) is 0 Å². The van der Waals surface area contributed by atoms with Crippen molar-refractivity contribution in [2.45, 2.75) is 284 Å². The summed E-state index contributed by atoms with van der Waals surface area (Å²) in [5.74, 6) is -0.907. The summed E-state index contributed by atoms with van der Waals surface area (Å²) in [6.07, 6.45) is 66.3. The lowest BCUT2D eigenvalue weighted by Gasteiger charge is -2.18. The van der Waals surface area contributed by atoms with Crippen LogP contribution in [0.25, 0.3) is 0 Å². The Morgan fingerprint density at radius 2 is 0.600 bits per heavy atom. The third-order valence-electron chi connectivity index (χ3n) is 12.0. The average molecular weight is 909 g/mol. The smallest absolute Gasteiger partial charge is 0.306 e. The Labute approximate surface area is 402 Å². The molecule has 0 radical (unpaired) electrons. The van der Waals surface area contributed by atoms with Crippen molar-refractivity contribution >= 4 is 17.9 Å². The normalized spacial score (nSPS) is 12.5. The molecule has 0 saturated carbocycles. The molecule has 0 aliphatic heterocycles. The highest BCUT2D eigenvalue weighted by atomic mass is 16.6. The van der Waals surface area contributed by atoms with Gasteiger partial charge in [0.05, 0.1) is 0 Å². The highest BCUT2D eigenvalue weighted by Gasteiger charge is 2.19. The van der Waals surface area contributed by atoms with Crippen molar-refractivity contribution in [1.29, 1.82) is 0 Å². The molecule has 0 spiro atoms. The lowest BCUT2D eigenvalue weighted by Crippen LogP contribution is -2.30. The summed E-state index contributed by atoms with van der Waals surface area (Å²) in [5.41, 5.74) is 0. The third-order valence-corrected chi connectivity index (χ3v) is 12.0. The van der Waals surface area contributed by atoms with E-state index in [1.165, 1.54) is 135 Å². The van der Waals surface area contributed by atoms with Gasteiger partial charge in [0.15, 0.2) is 6.10 Å². The van der Waals surface area contributed by atoms with Crippen molar-refractivity contribution < 1.29 is 28.6 Å². The van der Waals surface area contributed by atoms with Crippen molar-refractivity contribution in [3.63, 3.8) is 0 Å². The van der Waals surface area contributed by atoms with Crippen LogP contribution in [0.2, 0.25) is 0 Å². The number of rotatable bonds is 50. The molecular formula is C59H104O6. The fraction of sp³-hybridized carbons (Fsp3) is 0.780. The molecule has 0 fully saturated rings. The Kier molecular flexibility index (Phi) is 51.3. The summed E-state index contributed by atoms with van der Waals surface area (Å²) in [5, 5.41) is 0. The van der Waals surface area contributed by atoms with Crippen LogP contribution in [-0.2, 0) is 28.6 Å². The minimum absolute atomic E-state index is 0.0854. The molecule has 376 valence electrons. The molecule has 0 N–H and O–H groups in total.